The molecule has 0 aromatic carbocycles. The van der Waals surface area contributed by atoms with Crippen LogP contribution in [0.3, 0.4) is 0 Å². The average molecular weight is 457 g/mol. The summed E-state index contributed by atoms with van der Waals surface area (Å²) in [6.45, 7) is 12.3. The van der Waals surface area contributed by atoms with E-state index < -0.39 is 0 Å². The fourth-order valence-corrected chi connectivity index (χ4v) is 9.85. The minimum atomic E-state index is -0.321. The van der Waals surface area contributed by atoms with Crippen LogP contribution < -0.4 is 0 Å². The van der Waals surface area contributed by atoms with Gasteiger partial charge in [0.15, 0.2) is 5.79 Å². The van der Waals surface area contributed by atoms with Gasteiger partial charge in [-0.25, -0.2) is 0 Å². The summed E-state index contributed by atoms with van der Waals surface area (Å²) in [4.78, 5) is 11.5. The highest BCUT2D eigenvalue weighted by Gasteiger charge is 2.67. The molecular formula is C29H44O4. The molecule has 4 heteroatoms. The molecule has 6 rings (SSSR count). The number of hydrogen-bond acceptors (Lipinski definition) is 4. The third kappa shape index (κ3) is 3.18. The van der Waals surface area contributed by atoms with Crippen LogP contribution >= 0.6 is 0 Å². The molecule has 5 fully saturated rings. The van der Waals surface area contributed by atoms with Crippen molar-refractivity contribution in [3.8, 4) is 0 Å². The van der Waals surface area contributed by atoms with Crippen LogP contribution in [0.5, 0.6) is 0 Å². The molecule has 0 aromatic rings. The molecule has 33 heavy (non-hydrogen) atoms. The van der Waals surface area contributed by atoms with Crippen molar-refractivity contribution >= 4 is 5.97 Å². The summed E-state index contributed by atoms with van der Waals surface area (Å²) in [5, 5.41) is 0. The van der Waals surface area contributed by atoms with Gasteiger partial charge in [0.25, 0.3) is 0 Å². The maximum absolute atomic E-state index is 11.5. The second-order valence-corrected chi connectivity index (χ2v) is 13.3. The van der Waals surface area contributed by atoms with E-state index in [9.17, 15) is 4.79 Å². The number of esters is 1. The Morgan fingerprint density at radius 2 is 1.91 bits per heavy atom. The van der Waals surface area contributed by atoms with Crippen molar-refractivity contribution < 1.29 is 19.0 Å². The average Bonchev–Trinajstić information content (AvgIpc) is 3.21. The van der Waals surface area contributed by atoms with E-state index in [0.29, 0.717) is 41.1 Å². The van der Waals surface area contributed by atoms with Crippen LogP contribution in [0.2, 0.25) is 0 Å². The number of carbonyl (C=O) groups is 1. The molecule has 2 heterocycles. The van der Waals surface area contributed by atoms with Gasteiger partial charge in [-0.2, -0.15) is 0 Å². The zero-order valence-electron chi connectivity index (χ0n) is 21.4. The van der Waals surface area contributed by atoms with E-state index in [1.165, 1.54) is 32.1 Å². The number of rotatable bonds is 1. The molecule has 11 atom stereocenters. The lowest BCUT2D eigenvalue weighted by Gasteiger charge is -2.57. The van der Waals surface area contributed by atoms with Crippen molar-refractivity contribution in [1.29, 1.82) is 0 Å². The predicted molar refractivity (Wildman–Crippen MR) is 127 cm³/mol. The first-order valence-corrected chi connectivity index (χ1v) is 13.9. The molecule has 0 N–H and O–H groups in total. The summed E-state index contributed by atoms with van der Waals surface area (Å²) in [6.07, 6.45) is 13.7. The monoisotopic (exact) mass is 456 g/mol. The molecule has 2 saturated heterocycles. The highest BCUT2D eigenvalue weighted by molar-refractivity contribution is 5.66. The molecule has 4 aliphatic carbocycles. The Morgan fingerprint density at radius 1 is 1.09 bits per heavy atom. The molecule has 1 spiro atoms. The first-order chi connectivity index (χ1) is 15.7. The van der Waals surface area contributed by atoms with Crippen LogP contribution in [-0.2, 0) is 19.0 Å². The summed E-state index contributed by atoms with van der Waals surface area (Å²) in [6, 6.07) is 0. The van der Waals surface area contributed by atoms with Gasteiger partial charge in [0.05, 0.1) is 12.7 Å². The van der Waals surface area contributed by atoms with Gasteiger partial charge in [0.1, 0.15) is 6.10 Å². The maximum Gasteiger partial charge on any atom is 0.302 e. The van der Waals surface area contributed by atoms with Crippen molar-refractivity contribution in [3.63, 3.8) is 0 Å². The number of carbonyl (C=O) groups excluding carboxylic acids is 1. The largest absolute Gasteiger partial charge is 0.463 e. The molecule has 3 saturated carbocycles. The molecule has 0 amide bonds. The standard InChI is InChI=1S/C29H44O4/c1-17-8-13-29(31-16-17)18(2)26-25(33-29)15-24-22-7-6-20-14-21(32-19(3)30)9-11-27(20,4)23(22)10-12-28(24,26)5/h10,17-18,20-22,24-26H,6-9,11-16H2,1-5H3/t17-,18+,20+,21+,22-,24-,25+,26+,27+,28+,29-/m1/s1. The van der Waals surface area contributed by atoms with E-state index in [-0.39, 0.29) is 23.3 Å². The Hall–Kier alpha value is -0.870. The normalized spacial score (nSPS) is 55.2. The van der Waals surface area contributed by atoms with E-state index in [4.69, 9.17) is 14.2 Å². The summed E-state index contributed by atoms with van der Waals surface area (Å²) < 4.78 is 19.0. The Bertz CT molecular complexity index is 841. The number of hydrogen-bond donors (Lipinski definition) is 0. The van der Waals surface area contributed by atoms with Crippen LogP contribution in [0.15, 0.2) is 11.6 Å². The third-order valence-electron chi connectivity index (χ3n) is 11.6. The zero-order chi connectivity index (χ0) is 23.2. The first kappa shape index (κ1) is 22.6. The molecule has 6 aliphatic rings. The quantitative estimate of drug-likeness (QED) is 0.344. The molecule has 2 aliphatic heterocycles. The summed E-state index contributed by atoms with van der Waals surface area (Å²) in [5.41, 5.74) is 2.37. The SMILES string of the molecule is CC(=O)O[C@H]1CC[C@]2(C)C3=CC[C@]4(C)[C@@H]5[C@H](C[C@@H]4[C@@H]3CC[C@H]2C1)O[C@]1(CC[C@@H](C)CO1)[C@H]5C. The van der Waals surface area contributed by atoms with Gasteiger partial charge in [-0.15, -0.1) is 0 Å². The molecule has 0 unspecified atom stereocenters. The maximum atomic E-state index is 11.5. The number of ether oxygens (including phenoxy) is 3. The summed E-state index contributed by atoms with van der Waals surface area (Å²) in [7, 11) is 0. The van der Waals surface area contributed by atoms with Crippen molar-refractivity contribution in [2.45, 2.75) is 110 Å². The zero-order valence-corrected chi connectivity index (χ0v) is 21.4. The van der Waals surface area contributed by atoms with Crippen LogP contribution in [0.4, 0.5) is 0 Å². The Balaban J connectivity index is 1.25. The lowest BCUT2D eigenvalue weighted by Crippen LogP contribution is -2.51. The molecule has 0 bridgehead atoms. The van der Waals surface area contributed by atoms with Crippen LogP contribution in [0, 0.1) is 46.3 Å². The Morgan fingerprint density at radius 3 is 2.64 bits per heavy atom. The van der Waals surface area contributed by atoms with Crippen molar-refractivity contribution in [3.05, 3.63) is 11.6 Å². The van der Waals surface area contributed by atoms with E-state index in [2.05, 4.69) is 33.8 Å². The number of allylic oxidation sites excluding steroid dienone is 2. The summed E-state index contributed by atoms with van der Waals surface area (Å²) >= 11 is 0. The van der Waals surface area contributed by atoms with Crippen molar-refractivity contribution in [2.75, 3.05) is 6.61 Å². The fraction of sp³-hybridized carbons (Fsp3) is 0.897. The van der Waals surface area contributed by atoms with Crippen LogP contribution in [0.1, 0.15) is 92.4 Å². The van der Waals surface area contributed by atoms with Gasteiger partial charge in [-0.3, -0.25) is 4.79 Å². The number of fused-ring (bicyclic) bond motifs is 7. The molecule has 4 nitrogen and oxygen atoms in total. The van der Waals surface area contributed by atoms with E-state index >= 15 is 0 Å². The van der Waals surface area contributed by atoms with Crippen LogP contribution in [0.25, 0.3) is 0 Å². The molecular weight excluding hydrogens is 412 g/mol. The Kier molecular flexibility index (Phi) is 5.18. The van der Waals surface area contributed by atoms with Gasteiger partial charge in [0.2, 0.25) is 0 Å². The smallest absolute Gasteiger partial charge is 0.302 e. The molecule has 0 radical (unpaired) electrons. The minimum Gasteiger partial charge on any atom is -0.463 e. The fourth-order valence-electron chi connectivity index (χ4n) is 9.85. The third-order valence-corrected chi connectivity index (χ3v) is 11.6. The van der Waals surface area contributed by atoms with Gasteiger partial charge in [-0.1, -0.05) is 39.3 Å². The Labute approximate surface area is 200 Å². The molecule has 0 aromatic heterocycles. The molecule has 184 valence electrons. The lowest BCUT2D eigenvalue weighted by atomic mass is 9.48. The van der Waals surface area contributed by atoms with Gasteiger partial charge >= 0.3 is 5.97 Å². The topological polar surface area (TPSA) is 44.8 Å². The first-order valence-electron chi connectivity index (χ1n) is 13.9. The highest BCUT2D eigenvalue weighted by atomic mass is 16.7. The predicted octanol–water partition coefficient (Wildman–Crippen LogP) is 6.28. The van der Waals surface area contributed by atoms with Gasteiger partial charge < -0.3 is 14.2 Å². The van der Waals surface area contributed by atoms with Crippen LogP contribution in [-0.4, -0.2) is 30.6 Å². The lowest BCUT2D eigenvalue weighted by molar-refractivity contribution is -0.272. The second-order valence-electron chi connectivity index (χ2n) is 13.3. The minimum absolute atomic E-state index is 0.120. The van der Waals surface area contributed by atoms with Crippen molar-refractivity contribution in [1.82, 2.24) is 0 Å². The summed E-state index contributed by atoms with van der Waals surface area (Å²) in [5.74, 6) is 3.40. The second kappa shape index (κ2) is 7.56. The van der Waals surface area contributed by atoms with Gasteiger partial charge in [-0.05, 0) is 91.8 Å². The van der Waals surface area contributed by atoms with Crippen molar-refractivity contribution in [2.24, 2.45) is 46.3 Å². The van der Waals surface area contributed by atoms with E-state index in [0.717, 1.165) is 38.2 Å². The van der Waals surface area contributed by atoms with E-state index in [1.54, 1.807) is 12.5 Å². The van der Waals surface area contributed by atoms with E-state index in [1.807, 2.05) is 0 Å². The van der Waals surface area contributed by atoms with Gasteiger partial charge in [0, 0.05) is 19.3 Å². The highest BCUT2D eigenvalue weighted by Crippen LogP contribution is 2.69.